The summed E-state index contributed by atoms with van der Waals surface area (Å²) in [6.07, 6.45) is 0. The van der Waals surface area contributed by atoms with Crippen molar-refractivity contribution in [2.24, 2.45) is 0 Å². The summed E-state index contributed by atoms with van der Waals surface area (Å²) in [5.74, 6) is 0.320. The third-order valence-electron chi connectivity index (χ3n) is 2.61. The third-order valence-corrected chi connectivity index (χ3v) is 2.61. The van der Waals surface area contributed by atoms with E-state index in [0.29, 0.717) is 31.9 Å². The molecule has 0 aliphatic carbocycles. The molecule has 0 aliphatic rings. The Balaban J connectivity index is 2.31. The highest BCUT2D eigenvalue weighted by Gasteiger charge is 2.10. The van der Waals surface area contributed by atoms with Gasteiger partial charge in [-0.25, -0.2) is 0 Å². The van der Waals surface area contributed by atoms with Gasteiger partial charge in [-0.15, -0.1) is 0 Å². The van der Waals surface area contributed by atoms with Gasteiger partial charge in [0.2, 0.25) is 0 Å². The second-order valence-corrected chi connectivity index (χ2v) is 4.02. The number of methoxy groups -OCH3 is 1. The molecule has 0 spiro atoms. The SMILES string of the molecule is COCCOCCNC(C)c1cc(O)ccc1O. The highest BCUT2D eigenvalue weighted by Crippen LogP contribution is 2.27. The van der Waals surface area contributed by atoms with Crippen molar-refractivity contribution in [2.75, 3.05) is 33.5 Å². The molecule has 0 heterocycles. The van der Waals surface area contributed by atoms with Crippen molar-refractivity contribution in [3.05, 3.63) is 23.8 Å². The van der Waals surface area contributed by atoms with Gasteiger partial charge >= 0.3 is 0 Å². The molecule has 0 aliphatic heterocycles. The molecule has 102 valence electrons. The predicted octanol–water partition coefficient (Wildman–Crippen LogP) is 1.41. The second-order valence-electron chi connectivity index (χ2n) is 4.02. The van der Waals surface area contributed by atoms with Gasteiger partial charge in [0.05, 0.1) is 19.8 Å². The van der Waals surface area contributed by atoms with Crippen molar-refractivity contribution < 1.29 is 19.7 Å². The second kappa shape index (κ2) is 7.92. The van der Waals surface area contributed by atoms with E-state index >= 15 is 0 Å². The first-order valence-electron chi connectivity index (χ1n) is 5.97. The molecule has 0 aromatic heterocycles. The summed E-state index contributed by atoms with van der Waals surface area (Å²) in [5.41, 5.74) is 0.673. The summed E-state index contributed by atoms with van der Waals surface area (Å²) >= 11 is 0. The van der Waals surface area contributed by atoms with Gasteiger partial charge in [0.1, 0.15) is 11.5 Å². The van der Waals surface area contributed by atoms with Crippen LogP contribution in [0.3, 0.4) is 0 Å². The Labute approximate surface area is 107 Å². The average Bonchev–Trinajstić information content (AvgIpc) is 2.36. The monoisotopic (exact) mass is 255 g/mol. The van der Waals surface area contributed by atoms with E-state index in [1.807, 2.05) is 6.92 Å². The molecule has 1 aromatic rings. The number of hydrogen-bond acceptors (Lipinski definition) is 5. The first kappa shape index (κ1) is 14.8. The largest absolute Gasteiger partial charge is 0.508 e. The number of hydrogen-bond donors (Lipinski definition) is 3. The Morgan fingerprint density at radius 3 is 2.72 bits per heavy atom. The summed E-state index contributed by atoms with van der Waals surface area (Å²) in [6, 6.07) is 4.44. The lowest BCUT2D eigenvalue weighted by molar-refractivity contribution is 0.0712. The van der Waals surface area contributed by atoms with Crippen LogP contribution in [-0.4, -0.2) is 43.7 Å². The van der Waals surface area contributed by atoms with E-state index < -0.39 is 0 Å². The number of phenolic OH excluding ortho intramolecular Hbond substituents is 2. The molecule has 1 aromatic carbocycles. The van der Waals surface area contributed by atoms with Gasteiger partial charge in [-0.3, -0.25) is 0 Å². The molecule has 1 atom stereocenters. The van der Waals surface area contributed by atoms with Gasteiger partial charge in [-0.2, -0.15) is 0 Å². The van der Waals surface area contributed by atoms with Crippen LogP contribution in [0.15, 0.2) is 18.2 Å². The maximum Gasteiger partial charge on any atom is 0.120 e. The zero-order valence-corrected chi connectivity index (χ0v) is 10.8. The van der Waals surface area contributed by atoms with E-state index in [1.54, 1.807) is 13.2 Å². The van der Waals surface area contributed by atoms with Crippen LogP contribution in [-0.2, 0) is 9.47 Å². The Hall–Kier alpha value is -1.30. The van der Waals surface area contributed by atoms with E-state index in [2.05, 4.69) is 5.32 Å². The maximum atomic E-state index is 9.68. The molecule has 5 nitrogen and oxygen atoms in total. The highest BCUT2D eigenvalue weighted by atomic mass is 16.5. The van der Waals surface area contributed by atoms with Crippen molar-refractivity contribution in [3.63, 3.8) is 0 Å². The summed E-state index contributed by atoms with van der Waals surface area (Å²) in [4.78, 5) is 0. The number of ether oxygens (including phenoxy) is 2. The molecule has 0 bridgehead atoms. The van der Waals surface area contributed by atoms with Crippen LogP contribution >= 0.6 is 0 Å². The van der Waals surface area contributed by atoms with Gasteiger partial charge in [0.15, 0.2) is 0 Å². The third kappa shape index (κ3) is 4.91. The molecular weight excluding hydrogens is 234 g/mol. The number of aromatic hydroxyl groups is 2. The number of rotatable bonds is 8. The van der Waals surface area contributed by atoms with E-state index in [4.69, 9.17) is 9.47 Å². The first-order chi connectivity index (χ1) is 8.65. The van der Waals surface area contributed by atoms with Crippen molar-refractivity contribution in [1.29, 1.82) is 0 Å². The number of benzene rings is 1. The topological polar surface area (TPSA) is 71.0 Å². The fraction of sp³-hybridized carbons (Fsp3) is 0.538. The molecule has 0 saturated carbocycles. The van der Waals surface area contributed by atoms with Crippen LogP contribution in [0.4, 0.5) is 0 Å². The summed E-state index contributed by atoms with van der Waals surface area (Å²) in [6.45, 7) is 4.32. The normalized spacial score (nSPS) is 12.6. The van der Waals surface area contributed by atoms with Crippen LogP contribution < -0.4 is 5.32 Å². The standard InChI is InChI=1S/C13H21NO4/c1-10(14-5-6-18-8-7-17-2)12-9-11(15)3-4-13(12)16/h3-4,9-10,14-16H,5-8H2,1-2H3. The quantitative estimate of drug-likeness (QED) is 0.484. The first-order valence-corrected chi connectivity index (χ1v) is 5.97. The van der Waals surface area contributed by atoms with Gasteiger partial charge < -0.3 is 25.0 Å². The Morgan fingerprint density at radius 2 is 2.00 bits per heavy atom. The van der Waals surface area contributed by atoms with E-state index in [-0.39, 0.29) is 17.5 Å². The molecule has 0 amide bonds. The molecule has 18 heavy (non-hydrogen) atoms. The average molecular weight is 255 g/mol. The van der Waals surface area contributed by atoms with Crippen LogP contribution in [0.2, 0.25) is 0 Å². The van der Waals surface area contributed by atoms with Crippen LogP contribution in [0.1, 0.15) is 18.5 Å². The Kier molecular flexibility index (Phi) is 6.49. The van der Waals surface area contributed by atoms with E-state index in [9.17, 15) is 10.2 Å². The minimum Gasteiger partial charge on any atom is -0.508 e. The molecule has 0 radical (unpaired) electrons. The van der Waals surface area contributed by atoms with Crippen LogP contribution in [0.5, 0.6) is 11.5 Å². The molecule has 3 N–H and O–H groups in total. The van der Waals surface area contributed by atoms with Gasteiger partial charge in [0, 0.05) is 25.3 Å². The molecule has 1 unspecified atom stereocenters. The van der Waals surface area contributed by atoms with Crippen molar-refractivity contribution in [3.8, 4) is 11.5 Å². The Bertz CT molecular complexity index is 357. The van der Waals surface area contributed by atoms with E-state index in [1.165, 1.54) is 12.1 Å². The predicted molar refractivity (Wildman–Crippen MR) is 68.9 cm³/mol. The molecule has 0 saturated heterocycles. The van der Waals surface area contributed by atoms with Gasteiger partial charge in [-0.05, 0) is 25.1 Å². The fourth-order valence-corrected chi connectivity index (χ4v) is 1.59. The minimum atomic E-state index is -0.0527. The van der Waals surface area contributed by atoms with Crippen molar-refractivity contribution >= 4 is 0 Å². The minimum absolute atomic E-state index is 0.0527. The van der Waals surface area contributed by atoms with Crippen LogP contribution in [0, 0.1) is 0 Å². The summed E-state index contributed by atoms with van der Waals surface area (Å²) < 4.78 is 10.2. The number of phenols is 2. The van der Waals surface area contributed by atoms with Crippen molar-refractivity contribution in [2.45, 2.75) is 13.0 Å². The number of nitrogens with one attached hydrogen (secondary N) is 1. The van der Waals surface area contributed by atoms with Crippen LogP contribution in [0.25, 0.3) is 0 Å². The van der Waals surface area contributed by atoms with Gasteiger partial charge in [0.25, 0.3) is 0 Å². The lowest BCUT2D eigenvalue weighted by Gasteiger charge is -2.15. The smallest absolute Gasteiger partial charge is 0.120 e. The fourth-order valence-electron chi connectivity index (χ4n) is 1.59. The molecule has 5 heteroatoms. The lowest BCUT2D eigenvalue weighted by atomic mass is 10.1. The zero-order chi connectivity index (χ0) is 13.4. The molecular formula is C13H21NO4. The lowest BCUT2D eigenvalue weighted by Crippen LogP contribution is -2.23. The zero-order valence-electron chi connectivity index (χ0n) is 10.8. The van der Waals surface area contributed by atoms with E-state index in [0.717, 1.165) is 0 Å². The maximum absolute atomic E-state index is 9.68. The van der Waals surface area contributed by atoms with Gasteiger partial charge in [-0.1, -0.05) is 0 Å². The highest BCUT2D eigenvalue weighted by molar-refractivity contribution is 5.40. The van der Waals surface area contributed by atoms with Crippen molar-refractivity contribution in [1.82, 2.24) is 5.32 Å². The summed E-state index contributed by atoms with van der Waals surface area (Å²) in [7, 11) is 1.63. The molecule has 0 fully saturated rings. The molecule has 1 rings (SSSR count). The Morgan fingerprint density at radius 1 is 1.22 bits per heavy atom. The summed E-state index contributed by atoms with van der Waals surface area (Å²) in [5, 5.41) is 22.3.